The van der Waals surface area contributed by atoms with Crippen molar-refractivity contribution in [1.82, 2.24) is 19.7 Å². The Balaban J connectivity index is 0.00000972. The van der Waals surface area contributed by atoms with Crippen LogP contribution in [-0.2, 0) is 23.1 Å². The van der Waals surface area contributed by atoms with E-state index in [0.717, 1.165) is 12.2 Å². The minimum absolute atomic E-state index is 0. The summed E-state index contributed by atoms with van der Waals surface area (Å²) in [6.45, 7) is 6.49. The molecular weight excluding hydrogens is 751 g/mol. The molecule has 17 heteroatoms. The summed E-state index contributed by atoms with van der Waals surface area (Å²) in [5.41, 5.74) is 0.870. The molecule has 3 rings (SSSR count). The molecule has 1 saturated heterocycles. The van der Waals surface area contributed by atoms with Crippen LogP contribution in [-0.4, -0.2) is 132 Å². The van der Waals surface area contributed by atoms with Crippen LogP contribution in [0.4, 0.5) is 0 Å². The Morgan fingerprint density at radius 3 is 2.17 bits per heavy atom. The topological polar surface area (TPSA) is 168 Å². The first-order valence-corrected chi connectivity index (χ1v) is 23.2. The Morgan fingerprint density at radius 1 is 0.868 bits per heavy atom. The van der Waals surface area contributed by atoms with Crippen LogP contribution in [0.2, 0.25) is 0 Å². The molecule has 53 heavy (non-hydrogen) atoms. The normalized spacial score (nSPS) is 21.0. The van der Waals surface area contributed by atoms with Crippen LogP contribution in [0.25, 0.3) is 11.2 Å². The van der Waals surface area contributed by atoms with Gasteiger partial charge in [-0.1, -0.05) is 104 Å². The van der Waals surface area contributed by atoms with E-state index < -0.39 is 39.0 Å². The van der Waals surface area contributed by atoms with Gasteiger partial charge in [0.1, 0.15) is 41.5 Å². The molecule has 0 aromatic carbocycles. The third-order valence-electron chi connectivity index (χ3n) is 9.27. The van der Waals surface area contributed by atoms with E-state index in [1.165, 1.54) is 125 Å². The summed E-state index contributed by atoms with van der Waals surface area (Å²) in [7, 11) is -4.46. The molecule has 0 saturated carbocycles. The molecule has 3 unspecified atom stereocenters. The van der Waals surface area contributed by atoms with Crippen molar-refractivity contribution in [3.8, 4) is 0 Å². The fourth-order valence-corrected chi connectivity index (χ4v) is 8.73. The standard InChI is InChI=1S/C36H65N4O9PS2.Na.H/c1-5-7-9-11-12-13-14-15-17-19-24-52-30(21-18-16-10-8-6-2)28(3)45-22-20-23-46-50(43,44)47-25-29-32(41)33(42)36(48-29)49-40-27-39-31-34(40)37-26-38-35(31)51-4;;/h26-30,32-33,36,41-42H,5-25H2,1-4H3,(H,43,44);;/t28?,29-,30?,32-,33-,36+;;/m1../s1. The second-order valence-electron chi connectivity index (χ2n) is 13.6. The first kappa shape index (κ1) is 49.1. The molecule has 3 N–H and O–H groups in total. The van der Waals surface area contributed by atoms with Gasteiger partial charge >= 0.3 is 37.4 Å². The van der Waals surface area contributed by atoms with Crippen molar-refractivity contribution >= 4 is 72.1 Å². The number of aliphatic hydroxyl groups is 2. The van der Waals surface area contributed by atoms with Crippen LogP contribution in [0.5, 0.6) is 0 Å². The van der Waals surface area contributed by atoms with E-state index in [-0.39, 0.29) is 42.3 Å². The van der Waals surface area contributed by atoms with Crippen molar-refractivity contribution in [1.29, 1.82) is 0 Å². The Labute approximate surface area is 348 Å². The SMILES string of the molecule is CCCCCCCCCCCCSC(CCCCCCC)C(C)OCCCOP(=O)(O)OC[C@H]1O[C@@H](On2cnc3c(SC)ncnc32)[C@H](O)[C@@H]1O.[NaH]. The number of ether oxygens (including phenoxy) is 2. The zero-order valence-corrected chi connectivity index (χ0v) is 34.3. The van der Waals surface area contributed by atoms with Crippen LogP contribution in [0, 0.1) is 0 Å². The number of aromatic nitrogens is 4. The van der Waals surface area contributed by atoms with Crippen LogP contribution in [0.1, 0.15) is 130 Å². The van der Waals surface area contributed by atoms with Crippen molar-refractivity contribution in [2.45, 2.75) is 171 Å². The van der Waals surface area contributed by atoms with Crippen molar-refractivity contribution in [3.05, 3.63) is 12.7 Å². The summed E-state index contributed by atoms with van der Waals surface area (Å²) in [5, 5.41) is 22.1. The van der Waals surface area contributed by atoms with Crippen molar-refractivity contribution in [2.24, 2.45) is 0 Å². The van der Waals surface area contributed by atoms with Gasteiger partial charge in [0.25, 0.3) is 6.29 Å². The first-order valence-electron chi connectivity index (χ1n) is 19.5. The molecule has 1 aliphatic rings. The summed E-state index contributed by atoms with van der Waals surface area (Å²) in [6, 6.07) is 0. The van der Waals surface area contributed by atoms with Gasteiger partial charge in [-0.3, -0.25) is 9.05 Å². The molecule has 302 valence electrons. The van der Waals surface area contributed by atoms with Crippen molar-refractivity contribution in [2.75, 3.05) is 31.8 Å². The third kappa shape index (κ3) is 18.4. The Hall–Kier alpha value is 0. The molecule has 0 radical (unpaired) electrons. The van der Waals surface area contributed by atoms with Crippen LogP contribution < -0.4 is 4.84 Å². The molecule has 2 aromatic heterocycles. The van der Waals surface area contributed by atoms with Gasteiger partial charge < -0.3 is 29.4 Å². The zero-order chi connectivity index (χ0) is 37.6. The predicted molar refractivity (Wildman–Crippen MR) is 215 cm³/mol. The zero-order valence-electron chi connectivity index (χ0n) is 31.8. The number of phosphoric ester groups is 1. The fraction of sp³-hybridized carbons (Fsp3) is 0.861. The number of rotatable bonds is 31. The van der Waals surface area contributed by atoms with Gasteiger partial charge in [-0.2, -0.15) is 11.8 Å². The molecule has 0 bridgehead atoms. The number of aliphatic hydroxyl groups excluding tert-OH is 2. The molecule has 13 nitrogen and oxygen atoms in total. The Morgan fingerprint density at radius 2 is 1.51 bits per heavy atom. The van der Waals surface area contributed by atoms with E-state index in [0.29, 0.717) is 34.5 Å². The molecule has 1 aliphatic heterocycles. The number of phosphoric acid groups is 1. The molecule has 3 heterocycles. The summed E-state index contributed by atoms with van der Waals surface area (Å²) in [4.78, 5) is 28.5. The van der Waals surface area contributed by atoms with E-state index in [4.69, 9.17) is 23.4 Å². The molecule has 0 aliphatic carbocycles. The second-order valence-corrected chi connectivity index (χ2v) is 17.2. The Kier molecular flexibility index (Phi) is 26.3. The van der Waals surface area contributed by atoms with Gasteiger partial charge in [0, 0.05) is 11.9 Å². The average Bonchev–Trinajstić information content (AvgIpc) is 3.67. The van der Waals surface area contributed by atoms with Gasteiger partial charge in [-0.15, -0.1) is 16.5 Å². The molecule has 0 amide bonds. The minimum atomic E-state index is -4.46. The molecule has 2 aromatic rings. The monoisotopic (exact) mass is 816 g/mol. The van der Waals surface area contributed by atoms with Gasteiger partial charge in [0.2, 0.25) is 0 Å². The van der Waals surface area contributed by atoms with Crippen molar-refractivity contribution < 1.29 is 43.0 Å². The summed E-state index contributed by atoms with van der Waals surface area (Å²) in [6.07, 6.45) is 20.5. The third-order valence-corrected chi connectivity index (χ3v) is 12.5. The average molecular weight is 817 g/mol. The van der Waals surface area contributed by atoms with Crippen LogP contribution in [0.3, 0.4) is 0 Å². The molecule has 0 spiro atoms. The van der Waals surface area contributed by atoms with Gasteiger partial charge in [-0.25, -0.2) is 19.5 Å². The van der Waals surface area contributed by atoms with E-state index >= 15 is 0 Å². The quantitative estimate of drug-likeness (QED) is 0.0232. The predicted octanol–water partition coefficient (Wildman–Crippen LogP) is 7.09. The van der Waals surface area contributed by atoms with E-state index in [1.807, 2.05) is 18.0 Å². The summed E-state index contributed by atoms with van der Waals surface area (Å²) in [5.74, 6) is 1.15. The van der Waals surface area contributed by atoms with Crippen LogP contribution >= 0.6 is 31.3 Å². The van der Waals surface area contributed by atoms with Crippen LogP contribution in [0.15, 0.2) is 17.7 Å². The summed E-state index contributed by atoms with van der Waals surface area (Å²) < 4.78 is 35.9. The van der Waals surface area contributed by atoms with E-state index in [1.54, 1.807) is 0 Å². The van der Waals surface area contributed by atoms with E-state index in [9.17, 15) is 19.7 Å². The Bertz CT molecular complexity index is 1290. The maximum absolute atomic E-state index is 12.6. The van der Waals surface area contributed by atoms with Gasteiger partial charge in [0.15, 0.2) is 5.65 Å². The van der Waals surface area contributed by atoms with Crippen molar-refractivity contribution in [3.63, 3.8) is 0 Å². The van der Waals surface area contributed by atoms with Gasteiger partial charge in [0.05, 0.1) is 19.3 Å². The number of hydrogen-bond donors (Lipinski definition) is 3. The number of hydrogen-bond acceptors (Lipinski definition) is 13. The number of thioether (sulfide) groups is 2. The molecule has 1 fully saturated rings. The maximum atomic E-state index is 12.6. The van der Waals surface area contributed by atoms with E-state index in [2.05, 4.69) is 35.7 Å². The first-order chi connectivity index (χ1) is 25.2. The fourth-order valence-electron chi connectivity index (χ4n) is 6.12. The molecular formula is C36H66N4NaO9PS2. The summed E-state index contributed by atoms with van der Waals surface area (Å²) >= 11 is 3.43. The number of imidazole rings is 1. The second kappa shape index (κ2) is 28.4. The van der Waals surface area contributed by atoms with Gasteiger partial charge in [-0.05, 0) is 38.2 Å². The number of unbranched alkanes of at least 4 members (excludes halogenated alkanes) is 13. The molecule has 7 atom stereocenters. The number of fused-ring (bicyclic) bond motifs is 1. The number of nitrogens with zero attached hydrogens (tertiary/aromatic N) is 4.